The maximum Gasteiger partial charge on any atom is 0.188 e. The van der Waals surface area contributed by atoms with Crippen molar-refractivity contribution in [3.63, 3.8) is 0 Å². The SMILES string of the molecule is CNC(CSc1nc(C)cc(C)n1)c1ccc(C)cc1. The molecule has 0 fully saturated rings. The highest BCUT2D eigenvalue weighted by Gasteiger charge is 2.11. The summed E-state index contributed by atoms with van der Waals surface area (Å²) >= 11 is 1.70. The summed E-state index contributed by atoms with van der Waals surface area (Å²) in [6.45, 7) is 6.12. The van der Waals surface area contributed by atoms with Gasteiger partial charge in [0.1, 0.15) is 0 Å². The molecule has 3 nitrogen and oxygen atoms in total. The van der Waals surface area contributed by atoms with E-state index in [0.29, 0.717) is 6.04 Å². The van der Waals surface area contributed by atoms with Gasteiger partial charge in [-0.1, -0.05) is 41.6 Å². The largest absolute Gasteiger partial charge is 0.312 e. The third-order valence-corrected chi connectivity index (χ3v) is 4.11. The second-order valence-electron chi connectivity index (χ2n) is 5.00. The van der Waals surface area contributed by atoms with Crippen LogP contribution in [-0.2, 0) is 0 Å². The fourth-order valence-corrected chi connectivity index (χ4v) is 3.15. The van der Waals surface area contributed by atoms with Gasteiger partial charge in [-0.3, -0.25) is 0 Å². The van der Waals surface area contributed by atoms with Gasteiger partial charge in [0.05, 0.1) is 0 Å². The van der Waals surface area contributed by atoms with E-state index in [9.17, 15) is 0 Å². The first kappa shape index (κ1) is 15.0. The fraction of sp³-hybridized carbons (Fsp3) is 0.375. The number of aromatic nitrogens is 2. The second-order valence-corrected chi connectivity index (χ2v) is 5.98. The molecule has 106 valence electrons. The molecular formula is C16H21N3S. The summed E-state index contributed by atoms with van der Waals surface area (Å²) in [6, 6.07) is 11.0. The second kappa shape index (κ2) is 6.86. The Balaban J connectivity index is 2.05. The van der Waals surface area contributed by atoms with Gasteiger partial charge in [0.25, 0.3) is 0 Å². The van der Waals surface area contributed by atoms with Gasteiger partial charge in [0, 0.05) is 23.2 Å². The van der Waals surface area contributed by atoms with Gasteiger partial charge in [-0.05, 0) is 39.4 Å². The van der Waals surface area contributed by atoms with Gasteiger partial charge in [0.15, 0.2) is 5.16 Å². The fourth-order valence-electron chi connectivity index (χ4n) is 2.06. The van der Waals surface area contributed by atoms with Gasteiger partial charge >= 0.3 is 0 Å². The van der Waals surface area contributed by atoms with Crippen LogP contribution in [0, 0.1) is 20.8 Å². The molecule has 0 aliphatic carbocycles. The molecule has 0 aliphatic rings. The van der Waals surface area contributed by atoms with E-state index in [4.69, 9.17) is 0 Å². The molecule has 0 saturated carbocycles. The number of aryl methyl sites for hydroxylation is 3. The molecule has 0 amide bonds. The minimum absolute atomic E-state index is 0.310. The molecule has 1 aromatic heterocycles. The van der Waals surface area contributed by atoms with Crippen molar-refractivity contribution in [3.05, 3.63) is 52.8 Å². The summed E-state index contributed by atoms with van der Waals surface area (Å²) in [5, 5.41) is 4.22. The molecule has 0 saturated heterocycles. The molecule has 0 radical (unpaired) electrons. The smallest absolute Gasteiger partial charge is 0.188 e. The molecule has 1 heterocycles. The van der Waals surface area contributed by atoms with Crippen LogP contribution in [0.1, 0.15) is 28.6 Å². The standard InChI is InChI=1S/C16H21N3S/c1-11-5-7-14(8-6-11)15(17-4)10-20-16-18-12(2)9-13(3)19-16/h5-9,15,17H,10H2,1-4H3. The zero-order valence-corrected chi connectivity index (χ0v) is 13.3. The summed E-state index contributed by atoms with van der Waals surface area (Å²) in [5.74, 6) is 0.919. The number of rotatable bonds is 5. The molecule has 2 rings (SSSR count). The topological polar surface area (TPSA) is 37.8 Å². The first-order valence-corrected chi connectivity index (χ1v) is 7.76. The van der Waals surface area contributed by atoms with Crippen molar-refractivity contribution < 1.29 is 0 Å². The first-order chi connectivity index (χ1) is 9.58. The van der Waals surface area contributed by atoms with Crippen molar-refractivity contribution in [2.75, 3.05) is 12.8 Å². The molecule has 1 atom stereocenters. The third-order valence-electron chi connectivity index (χ3n) is 3.17. The summed E-state index contributed by atoms with van der Waals surface area (Å²) in [7, 11) is 1.99. The lowest BCUT2D eigenvalue weighted by Gasteiger charge is -2.16. The Bertz CT molecular complexity index is 546. The van der Waals surface area contributed by atoms with Crippen molar-refractivity contribution in [2.24, 2.45) is 0 Å². The molecule has 0 spiro atoms. The van der Waals surface area contributed by atoms with Crippen LogP contribution >= 0.6 is 11.8 Å². The molecule has 1 N–H and O–H groups in total. The number of hydrogen-bond acceptors (Lipinski definition) is 4. The Labute approximate surface area is 125 Å². The van der Waals surface area contributed by atoms with E-state index in [0.717, 1.165) is 22.3 Å². The average Bonchev–Trinajstić information content (AvgIpc) is 2.40. The molecule has 0 bridgehead atoms. The Morgan fingerprint density at radius 3 is 2.20 bits per heavy atom. The summed E-state index contributed by atoms with van der Waals surface area (Å²) < 4.78 is 0. The van der Waals surface area contributed by atoms with Crippen LogP contribution in [-0.4, -0.2) is 22.8 Å². The quantitative estimate of drug-likeness (QED) is 0.675. The molecule has 0 aliphatic heterocycles. The normalized spacial score (nSPS) is 12.4. The summed E-state index contributed by atoms with van der Waals surface area (Å²) in [4.78, 5) is 8.94. The molecule has 4 heteroatoms. The van der Waals surface area contributed by atoms with E-state index < -0.39 is 0 Å². The van der Waals surface area contributed by atoms with Crippen LogP contribution in [0.2, 0.25) is 0 Å². The predicted octanol–water partition coefficient (Wildman–Crippen LogP) is 3.45. The third kappa shape index (κ3) is 4.05. The van der Waals surface area contributed by atoms with Crippen molar-refractivity contribution in [1.29, 1.82) is 0 Å². The van der Waals surface area contributed by atoms with E-state index in [-0.39, 0.29) is 0 Å². The molecule has 1 unspecified atom stereocenters. The lowest BCUT2D eigenvalue weighted by molar-refractivity contribution is 0.660. The molecule has 2 aromatic rings. The van der Waals surface area contributed by atoms with Crippen LogP contribution in [0.15, 0.2) is 35.5 Å². The Hall–Kier alpha value is -1.39. The number of nitrogens with one attached hydrogen (secondary N) is 1. The zero-order chi connectivity index (χ0) is 14.5. The number of nitrogens with zero attached hydrogens (tertiary/aromatic N) is 2. The van der Waals surface area contributed by atoms with E-state index >= 15 is 0 Å². The minimum atomic E-state index is 0.310. The Kier molecular flexibility index (Phi) is 5.15. The Morgan fingerprint density at radius 1 is 1.05 bits per heavy atom. The van der Waals surface area contributed by atoms with E-state index in [2.05, 4.69) is 46.5 Å². The minimum Gasteiger partial charge on any atom is -0.312 e. The monoisotopic (exact) mass is 287 g/mol. The van der Waals surface area contributed by atoms with Gasteiger partial charge in [0.2, 0.25) is 0 Å². The highest BCUT2D eigenvalue weighted by Crippen LogP contribution is 2.22. The van der Waals surface area contributed by atoms with Crippen molar-refractivity contribution in [2.45, 2.75) is 32.0 Å². The lowest BCUT2D eigenvalue weighted by atomic mass is 10.1. The van der Waals surface area contributed by atoms with Crippen LogP contribution in [0.4, 0.5) is 0 Å². The lowest BCUT2D eigenvalue weighted by Crippen LogP contribution is -2.18. The molecular weight excluding hydrogens is 266 g/mol. The highest BCUT2D eigenvalue weighted by molar-refractivity contribution is 7.99. The molecule has 20 heavy (non-hydrogen) atoms. The predicted molar refractivity (Wildman–Crippen MR) is 85.2 cm³/mol. The Morgan fingerprint density at radius 2 is 1.65 bits per heavy atom. The number of hydrogen-bond donors (Lipinski definition) is 1. The van der Waals surface area contributed by atoms with Crippen molar-refractivity contribution >= 4 is 11.8 Å². The van der Waals surface area contributed by atoms with Gasteiger partial charge in [-0.25, -0.2) is 9.97 Å². The van der Waals surface area contributed by atoms with Crippen LogP contribution < -0.4 is 5.32 Å². The maximum atomic E-state index is 4.47. The van der Waals surface area contributed by atoms with Crippen LogP contribution in [0.5, 0.6) is 0 Å². The summed E-state index contributed by atoms with van der Waals surface area (Å²) in [6.07, 6.45) is 0. The van der Waals surface area contributed by atoms with Crippen molar-refractivity contribution in [3.8, 4) is 0 Å². The average molecular weight is 287 g/mol. The first-order valence-electron chi connectivity index (χ1n) is 6.77. The van der Waals surface area contributed by atoms with E-state index in [1.165, 1.54) is 11.1 Å². The van der Waals surface area contributed by atoms with E-state index in [1.807, 2.05) is 27.0 Å². The van der Waals surface area contributed by atoms with Crippen LogP contribution in [0.3, 0.4) is 0 Å². The van der Waals surface area contributed by atoms with Crippen molar-refractivity contribution in [1.82, 2.24) is 15.3 Å². The highest BCUT2D eigenvalue weighted by atomic mass is 32.2. The number of benzene rings is 1. The molecule has 1 aromatic carbocycles. The van der Waals surface area contributed by atoms with Crippen LogP contribution in [0.25, 0.3) is 0 Å². The van der Waals surface area contributed by atoms with E-state index in [1.54, 1.807) is 11.8 Å². The zero-order valence-electron chi connectivity index (χ0n) is 12.5. The van der Waals surface area contributed by atoms with Gasteiger partial charge in [-0.15, -0.1) is 0 Å². The summed E-state index contributed by atoms with van der Waals surface area (Å²) in [5.41, 5.74) is 4.64. The maximum absolute atomic E-state index is 4.47. The van der Waals surface area contributed by atoms with Gasteiger partial charge < -0.3 is 5.32 Å². The number of thioether (sulfide) groups is 1. The van der Waals surface area contributed by atoms with Gasteiger partial charge in [-0.2, -0.15) is 0 Å².